The Hall–Kier alpha value is -2.49. The van der Waals surface area contributed by atoms with E-state index >= 15 is 0 Å². The number of benzene rings is 2. The first-order valence-electron chi connectivity index (χ1n) is 6.24. The number of rotatable bonds is 5. The third-order valence-electron chi connectivity index (χ3n) is 2.92. The van der Waals surface area contributed by atoms with E-state index < -0.39 is 12.1 Å². The van der Waals surface area contributed by atoms with Crippen LogP contribution in [-0.2, 0) is 4.79 Å². The van der Waals surface area contributed by atoms with Gasteiger partial charge in [0.25, 0.3) is 0 Å². The van der Waals surface area contributed by atoms with Gasteiger partial charge in [0, 0.05) is 0 Å². The summed E-state index contributed by atoms with van der Waals surface area (Å²) in [6, 6.07) is 15.0. The summed E-state index contributed by atoms with van der Waals surface area (Å²) in [7, 11) is 1.62. The SMILES string of the molecule is COc1ccc(-c2cccc(OC(C)C(=O)O)c2)cc1. The number of methoxy groups -OCH3 is 1. The van der Waals surface area contributed by atoms with Gasteiger partial charge < -0.3 is 14.6 Å². The van der Waals surface area contributed by atoms with Gasteiger partial charge in [-0.25, -0.2) is 4.79 Å². The second-order valence-corrected chi connectivity index (χ2v) is 4.35. The fraction of sp³-hybridized carbons (Fsp3) is 0.188. The summed E-state index contributed by atoms with van der Waals surface area (Å²) in [4.78, 5) is 10.8. The van der Waals surface area contributed by atoms with E-state index in [1.807, 2.05) is 42.5 Å². The largest absolute Gasteiger partial charge is 0.497 e. The molecule has 104 valence electrons. The molecule has 0 aliphatic carbocycles. The van der Waals surface area contributed by atoms with Gasteiger partial charge in [-0.05, 0) is 42.3 Å². The molecule has 0 aliphatic rings. The highest BCUT2D eigenvalue weighted by Gasteiger charge is 2.12. The zero-order valence-electron chi connectivity index (χ0n) is 11.4. The lowest BCUT2D eigenvalue weighted by molar-refractivity contribution is -0.144. The molecule has 2 aromatic rings. The van der Waals surface area contributed by atoms with Crippen LogP contribution in [0.25, 0.3) is 11.1 Å². The second-order valence-electron chi connectivity index (χ2n) is 4.35. The standard InChI is InChI=1S/C16H16O4/c1-11(16(17)18)20-15-5-3-4-13(10-15)12-6-8-14(19-2)9-7-12/h3-11H,1-2H3,(H,17,18). The summed E-state index contributed by atoms with van der Waals surface area (Å²) in [5, 5.41) is 8.85. The first kappa shape index (κ1) is 13.9. The molecule has 0 bridgehead atoms. The van der Waals surface area contributed by atoms with Crippen molar-refractivity contribution in [2.75, 3.05) is 7.11 Å². The van der Waals surface area contributed by atoms with Crippen LogP contribution in [0.2, 0.25) is 0 Å². The smallest absolute Gasteiger partial charge is 0.344 e. The lowest BCUT2D eigenvalue weighted by Crippen LogP contribution is -2.22. The summed E-state index contributed by atoms with van der Waals surface area (Å²) >= 11 is 0. The molecule has 2 aromatic carbocycles. The number of carboxylic acids is 1. The molecule has 0 fully saturated rings. The first-order valence-corrected chi connectivity index (χ1v) is 6.24. The highest BCUT2D eigenvalue weighted by Crippen LogP contribution is 2.26. The maximum absolute atomic E-state index is 10.8. The molecular weight excluding hydrogens is 256 g/mol. The third-order valence-corrected chi connectivity index (χ3v) is 2.92. The molecular formula is C16H16O4. The molecule has 0 spiro atoms. The Morgan fingerprint density at radius 3 is 2.35 bits per heavy atom. The summed E-state index contributed by atoms with van der Waals surface area (Å²) in [5.41, 5.74) is 1.97. The molecule has 4 heteroatoms. The van der Waals surface area contributed by atoms with Crippen molar-refractivity contribution in [3.63, 3.8) is 0 Å². The molecule has 1 unspecified atom stereocenters. The van der Waals surface area contributed by atoms with Gasteiger partial charge in [0.1, 0.15) is 11.5 Å². The zero-order chi connectivity index (χ0) is 14.5. The Bertz CT molecular complexity index is 590. The van der Waals surface area contributed by atoms with E-state index in [1.165, 1.54) is 6.92 Å². The van der Waals surface area contributed by atoms with Crippen LogP contribution in [0.4, 0.5) is 0 Å². The van der Waals surface area contributed by atoms with E-state index in [1.54, 1.807) is 13.2 Å². The van der Waals surface area contributed by atoms with Crippen LogP contribution >= 0.6 is 0 Å². The Morgan fingerprint density at radius 2 is 1.75 bits per heavy atom. The van der Waals surface area contributed by atoms with Gasteiger partial charge in [0.15, 0.2) is 6.10 Å². The molecule has 0 aromatic heterocycles. The van der Waals surface area contributed by atoms with Crippen LogP contribution in [-0.4, -0.2) is 24.3 Å². The number of carboxylic acid groups (broad SMARTS) is 1. The summed E-state index contributed by atoms with van der Waals surface area (Å²) < 4.78 is 10.5. The maximum atomic E-state index is 10.8. The van der Waals surface area contributed by atoms with E-state index in [-0.39, 0.29) is 0 Å². The number of hydrogen-bond donors (Lipinski definition) is 1. The fourth-order valence-electron chi connectivity index (χ4n) is 1.79. The minimum Gasteiger partial charge on any atom is -0.497 e. The predicted molar refractivity (Wildman–Crippen MR) is 76.2 cm³/mol. The predicted octanol–water partition coefficient (Wildman–Crippen LogP) is 3.21. The van der Waals surface area contributed by atoms with Crippen molar-refractivity contribution < 1.29 is 19.4 Å². The van der Waals surface area contributed by atoms with Crippen LogP contribution in [0.1, 0.15) is 6.92 Å². The summed E-state index contributed by atoms with van der Waals surface area (Å²) in [6.45, 7) is 1.50. The molecule has 20 heavy (non-hydrogen) atoms. The van der Waals surface area contributed by atoms with E-state index in [0.717, 1.165) is 16.9 Å². The topological polar surface area (TPSA) is 55.8 Å². The van der Waals surface area contributed by atoms with Gasteiger partial charge in [-0.3, -0.25) is 0 Å². The van der Waals surface area contributed by atoms with Crippen LogP contribution in [0, 0.1) is 0 Å². The number of carbonyl (C=O) groups is 1. The molecule has 0 saturated carbocycles. The molecule has 0 radical (unpaired) electrons. The molecule has 0 aliphatic heterocycles. The Labute approximate surface area is 117 Å². The Kier molecular flexibility index (Phi) is 4.25. The summed E-state index contributed by atoms with van der Waals surface area (Å²) in [6.07, 6.45) is -0.874. The van der Waals surface area contributed by atoms with Gasteiger partial charge in [-0.2, -0.15) is 0 Å². The first-order chi connectivity index (χ1) is 9.60. The minimum absolute atomic E-state index is 0.535. The Balaban J connectivity index is 2.22. The van der Waals surface area contributed by atoms with E-state index in [2.05, 4.69) is 0 Å². The molecule has 1 N–H and O–H groups in total. The van der Waals surface area contributed by atoms with Crippen molar-refractivity contribution in [2.24, 2.45) is 0 Å². The van der Waals surface area contributed by atoms with E-state index in [4.69, 9.17) is 14.6 Å². The van der Waals surface area contributed by atoms with Crippen LogP contribution in [0.5, 0.6) is 11.5 Å². The molecule has 0 amide bonds. The van der Waals surface area contributed by atoms with Crippen molar-refractivity contribution in [1.29, 1.82) is 0 Å². The molecule has 0 saturated heterocycles. The van der Waals surface area contributed by atoms with Crippen molar-refractivity contribution >= 4 is 5.97 Å². The van der Waals surface area contributed by atoms with Gasteiger partial charge >= 0.3 is 5.97 Å². The number of hydrogen-bond acceptors (Lipinski definition) is 3. The van der Waals surface area contributed by atoms with Crippen molar-refractivity contribution in [2.45, 2.75) is 13.0 Å². The lowest BCUT2D eigenvalue weighted by atomic mass is 10.1. The quantitative estimate of drug-likeness (QED) is 0.908. The van der Waals surface area contributed by atoms with Gasteiger partial charge in [-0.15, -0.1) is 0 Å². The van der Waals surface area contributed by atoms with Gasteiger partial charge in [-0.1, -0.05) is 24.3 Å². The highest BCUT2D eigenvalue weighted by atomic mass is 16.5. The maximum Gasteiger partial charge on any atom is 0.344 e. The minimum atomic E-state index is -0.986. The zero-order valence-corrected chi connectivity index (χ0v) is 11.4. The van der Waals surface area contributed by atoms with Crippen molar-refractivity contribution in [3.8, 4) is 22.6 Å². The Morgan fingerprint density at radius 1 is 1.05 bits per heavy atom. The molecule has 2 rings (SSSR count). The van der Waals surface area contributed by atoms with Gasteiger partial charge in [0.05, 0.1) is 7.11 Å². The second kappa shape index (κ2) is 6.10. The van der Waals surface area contributed by atoms with E-state index in [0.29, 0.717) is 5.75 Å². The van der Waals surface area contributed by atoms with Crippen LogP contribution in [0.3, 0.4) is 0 Å². The lowest BCUT2D eigenvalue weighted by Gasteiger charge is -2.11. The fourth-order valence-corrected chi connectivity index (χ4v) is 1.79. The normalized spacial score (nSPS) is 11.7. The third kappa shape index (κ3) is 3.29. The van der Waals surface area contributed by atoms with Gasteiger partial charge in [0.2, 0.25) is 0 Å². The number of ether oxygens (including phenoxy) is 2. The average Bonchev–Trinajstić information content (AvgIpc) is 2.47. The molecule has 4 nitrogen and oxygen atoms in total. The van der Waals surface area contributed by atoms with Crippen molar-refractivity contribution in [1.82, 2.24) is 0 Å². The number of aliphatic carboxylic acids is 1. The van der Waals surface area contributed by atoms with E-state index in [9.17, 15) is 4.79 Å². The molecule has 1 atom stereocenters. The summed E-state index contributed by atoms with van der Waals surface area (Å²) in [5.74, 6) is 0.341. The molecule has 0 heterocycles. The monoisotopic (exact) mass is 272 g/mol. The highest BCUT2D eigenvalue weighted by molar-refractivity contribution is 5.72. The van der Waals surface area contributed by atoms with Crippen LogP contribution < -0.4 is 9.47 Å². The van der Waals surface area contributed by atoms with Crippen LogP contribution in [0.15, 0.2) is 48.5 Å². The average molecular weight is 272 g/mol. The van der Waals surface area contributed by atoms with Crippen molar-refractivity contribution in [3.05, 3.63) is 48.5 Å².